The molecule has 0 bridgehead atoms. The van der Waals surface area contributed by atoms with Crippen LogP contribution in [0, 0.1) is 6.92 Å². The normalized spacial score (nSPS) is 12.3. The van der Waals surface area contributed by atoms with Gasteiger partial charge in [-0.25, -0.2) is 5.43 Å². The Balaban J connectivity index is 1.69. The molecule has 0 aliphatic heterocycles. The first-order valence-electron chi connectivity index (χ1n) is 8.54. The lowest BCUT2D eigenvalue weighted by atomic mass is 9.97. The van der Waals surface area contributed by atoms with Gasteiger partial charge < -0.3 is 4.74 Å². The number of carbonyl (C=O) groups excluding carboxylic acids is 1. The maximum atomic E-state index is 12.4. The van der Waals surface area contributed by atoms with Gasteiger partial charge in [-0.2, -0.15) is 5.10 Å². The molecule has 3 rings (SSSR count). The van der Waals surface area contributed by atoms with Gasteiger partial charge in [-0.15, -0.1) is 0 Å². The second kappa shape index (κ2) is 7.83. The molecule has 0 aromatic heterocycles. The van der Waals surface area contributed by atoms with E-state index in [0.29, 0.717) is 0 Å². The van der Waals surface area contributed by atoms with Crippen LogP contribution >= 0.6 is 0 Å². The monoisotopic (exact) mass is 346 g/mol. The largest absolute Gasteiger partial charge is 0.497 e. The Morgan fingerprint density at radius 3 is 2.46 bits per heavy atom. The second-order valence-electron chi connectivity index (χ2n) is 6.34. The number of aryl methyl sites for hydroxylation is 1. The van der Waals surface area contributed by atoms with E-state index in [2.05, 4.69) is 10.5 Å². The van der Waals surface area contributed by atoms with Crippen molar-refractivity contribution >= 4 is 22.9 Å². The highest BCUT2D eigenvalue weighted by Crippen LogP contribution is 2.25. The fourth-order valence-electron chi connectivity index (χ4n) is 2.71. The number of rotatable bonds is 5. The van der Waals surface area contributed by atoms with Crippen LogP contribution in [0.4, 0.5) is 0 Å². The highest BCUT2D eigenvalue weighted by atomic mass is 16.5. The minimum absolute atomic E-state index is 0.138. The zero-order valence-corrected chi connectivity index (χ0v) is 15.2. The minimum atomic E-state index is -0.295. The average Bonchev–Trinajstić information content (AvgIpc) is 2.68. The van der Waals surface area contributed by atoms with Crippen molar-refractivity contribution in [3.8, 4) is 5.75 Å². The first-order valence-corrected chi connectivity index (χ1v) is 8.54. The zero-order valence-electron chi connectivity index (χ0n) is 15.2. The Bertz CT molecular complexity index is 946. The van der Waals surface area contributed by atoms with Crippen LogP contribution in [0.2, 0.25) is 0 Å². The van der Waals surface area contributed by atoms with Gasteiger partial charge in [-0.1, -0.05) is 54.1 Å². The quantitative estimate of drug-likeness (QED) is 0.549. The number of methoxy groups -OCH3 is 1. The molecular weight excluding hydrogens is 324 g/mol. The minimum Gasteiger partial charge on any atom is -0.497 e. The zero-order chi connectivity index (χ0) is 18.5. The summed E-state index contributed by atoms with van der Waals surface area (Å²) in [6, 6.07) is 19.9. The van der Waals surface area contributed by atoms with Gasteiger partial charge in [0.05, 0.1) is 19.2 Å². The summed E-state index contributed by atoms with van der Waals surface area (Å²) >= 11 is 0. The van der Waals surface area contributed by atoms with Gasteiger partial charge in [0.15, 0.2) is 0 Å². The SMILES string of the molecule is COc1ccc2cc(C(C)C(=O)N/N=C/c3ccc(C)cc3)ccc2c1. The molecule has 4 heteroatoms. The molecule has 132 valence electrons. The molecule has 0 radical (unpaired) electrons. The van der Waals surface area contributed by atoms with Crippen LogP contribution in [0.25, 0.3) is 10.8 Å². The maximum Gasteiger partial charge on any atom is 0.247 e. The van der Waals surface area contributed by atoms with Gasteiger partial charge in [0, 0.05) is 0 Å². The van der Waals surface area contributed by atoms with Crippen LogP contribution in [0.3, 0.4) is 0 Å². The fraction of sp³-hybridized carbons (Fsp3) is 0.182. The number of carbonyl (C=O) groups is 1. The summed E-state index contributed by atoms with van der Waals surface area (Å²) < 4.78 is 5.25. The van der Waals surface area contributed by atoms with Crippen LogP contribution in [-0.4, -0.2) is 19.2 Å². The van der Waals surface area contributed by atoms with Crippen LogP contribution in [0.1, 0.15) is 29.5 Å². The number of amides is 1. The van der Waals surface area contributed by atoms with Crippen LogP contribution in [0.5, 0.6) is 5.75 Å². The Hall–Kier alpha value is -3.14. The molecule has 0 heterocycles. The number of ether oxygens (including phenoxy) is 1. The first kappa shape index (κ1) is 17.7. The third kappa shape index (κ3) is 4.09. The molecule has 3 aromatic rings. The van der Waals surface area contributed by atoms with E-state index in [1.54, 1.807) is 13.3 Å². The lowest BCUT2D eigenvalue weighted by Crippen LogP contribution is -2.23. The predicted octanol–water partition coefficient (Wildman–Crippen LogP) is 4.41. The molecule has 1 unspecified atom stereocenters. The molecule has 0 aliphatic rings. The molecule has 0 saturated heterocycles. The molecule has 0 fully saturated rings. The summed E-state index contributed by atoms with van der Waals surface area (Å²) in [4.78, 5) is 12.4. The Kier molecular flexibility index (Phi) is 5.32. The summed E-state index contributed by atoms with van der Waals surface area (Å²) in [7, 11) is 1.65. The summed E-state index contributed by atoms with van der Waals surface area (Å²) in [5, 5.41) is 6.22. The Morgan fingerprint density at radius 2 is 1.73 bits per heavy atom. The molecule has 26 heavy (non-hydrogen) atoms. The number of nitrogens with zero attached hydrogens (tertiary/aromatic N) is 1. The van der Waals surface area contributed by atoms with Crippen LogP contribution in [-0.2, 0) is 4.79 Å². The topological polar surface area (TPSA) is 50.7 Å². The molecule has 1 atom stereocenters. The number of nitrogens with one attached hydrogen (secondary N) is 1. The number of hydrogen-bond donors (Lipinski definition) is 1. The molecule has 4 nitrogen and oxygen atoms in total. The first-order chi connectivity index (χ1) is 12.6. The van der Waals surface area contributed by atoms with Crippen molar-refractivity contribution in [2.45, 2.75) is 19.8 Å². The summed E-state index contributed by atoms with van der Waals surface area (Å²) in [5.41, 5.74) is 5.71. The van der Waals surface area contributed by atoms with Gasteiger partial charge in [-0.05, 0) is 47.9 Å². The molecule has 1 N–H and O–H groups in total. The van der Waals surface area contributed by atoms with Crippen molar-refractivity contribution in [1.82, 2.24) is 5.43 Å². The Morgan fingerprint density at radius 1 is 1.04 bits per heavy atom. The molecule has 1 amide bonds. The van der Waals surface area contributed by atoms with Crippen molar-refractivity contribution < 1.29 is 9.53 Å². The number of fused-ring (bicyclic) bond motifs is 1. The lowest BCUT2D eigenvalue weighted by Gasteiger charge is -2.11. The molecule has 0 aliphatic carbocycles. The van der Waals surface area contributed by atoms with Crippen LogP contribution < -0.4 is 10.2 Å². The van der Waals surface area contributed by atoms with E-state index >= 15 is 0 Å². The van der Waals surface area contributed by atoms with E-state index in [9.17, 15) is 4.79 Å². The van der Waals surface area contributed by atoms with Gasteiger partial charge in [0.1, 0.15) is 5.75 Å². The highest BCUT2D eigenvalue weighted by molar-refractivity contribution is 5.89. The number of hydrazone groups is 1. The van der Waals surface area contributed by atoms with E-state index in [-0.39, 0.29) is 11.8 Å². The van der Waals surface area contributed by atoms with Gasteiger partial charge >= 0.3 is 0 Å². The third-order valence-electron chi connectivity index (χ3n) is 4.43. The molecule has 3 aromatic carbocycles. The summed E-state index contributed by atoms with van der Waals surface area (Å²) in [6.45, 7) is 3.91. The lowest BCUT2D eigenvalue weighted by molar-refractivity contribution is -0.122. The van der Waals surface area contributed by atoms with E-state index in [4.69, 9.17) is 4.74 Å². The number of benzene rings is 3. The van der Waals surface area contributed by atoms with Crippen molar-refractivity contribution in [1.29, 1.82) is 0 Å². The third-order valence-corrected chi connectivity index (χ3v) is 4.43. The van der Waals surface area contributed by atoms with E-state index in [0.717, 1.165) is 27.6 Å². The molecular formula is C22H22N2O2. The Labute approximate surface area is 153 Å². The highest BCUT2D eigenvalue weighted by Gasteiger charge is 2.15. The predicted molar refractivity (Wildman–Crippen MR) is 106 cm³/mol. The van der Waals surface area contributed by atoms with Crippen molar-refractivity contribution in [2.24, 2.45) is 5.10 Å². The van der Waals surface area contributed by atoms with Crippen LogP contribution in [0.15, 0.2) is 65.8 Å². The summed E-state index contributed by atoms with van der Waals surface area (Å²) in [6.07, 6.45) is 1.65. The maximum absolute atomic E-state index is 12.4. The van der Waals surface area contributed by atoms with Crippen molar-refractivity contribution in [2.75, 3.05) is 7.11 Å². The van der Waals surface area contributed by atoms with E-state index < -0.39 is 0 Å². The van der Waals surface area contributed by atoms with Gasteiger partial charge in [0.2, 0.25) is 5.91 Å². The average molecular weight is 346 g/mol. The molecule has 0 spiro atoms. The van der Waals surface area contributed by atoms with Gasteiger partial charge in [0.25, 0.3) is 0 Å². The standard InChI is InChI=1S/C22H22N2O2/c1-15-4-6-17(7-5-15)14-23-24-22(25)16(2)18-8-9-20-13-21(26-3)11-10-19(20)12-18/h4-14,16H,1-3H3,(H,24,25)/b23-14+. The smallest absolute Gasteiger partial charge is 0.247 e. The summed E-state index contributed by atoms with van der Waals surface area (Å²) in [5.74, 6) is 0.388. The van der Waals surface area contributed by atoms with E-state index in [1.807, 2.05) is 74.5 Å². The fourth-order valence-corrected chi connectivity index (χ4v) is 2.71. The van der Waals surface area contributed by atoms with Gasteiger partial charge in [-0.3, -0.25) is 4.79 Å². The second-order valence-corrected chi connectivity index (χ2v) is 6.34. The van der Waals surface area contributed by atoms with Crippen molar-refractivity contribution in [3.63, 3.8) is 0 Å². The molecule has 0 saturated carbocycles. The van der Waals surface area contributed by atoms with Crippen molar-refractivity contribution in [3.05, 3.63) is 77.4 Å². The van der Waals surface area contributed by atoms with E-state index in [1.165, 1.54) is 5.56 Å². The number of hydrogen-bond acceptors (Lipinski definition) is 3.